The predicted octanol–water partition coefficient (Wildman–Crippen LogP) is 2.50. The van der Waals surface area contributed by atoms with Crippen molar-refractivity contribution in [1.82, 2.24) is 0 Å². The summed E-state index contributed by atoms with van der Waals surface area (Å²) in [5, 5.41) is 0. The van der Waals surface area contributed by atoms with Gasteiger partial charge in [-0.25, -0.2) is 0 Å². The Kier molecular flexibility index (Phi) is 3.31. The van der Waals surface area contributed by atoms with Crippen molar-refractivity contribution in [1.29, 1.82) is 0 Å². The van der Waals surface area contributed by atoms with Gasteiger partial charge in [-0.05, 0) is 59.8 Å². The number of fused-ring (bicyclic) bond motifs is 2. The minimum atomic E-state index is -1.44. The van der Waals surface area contributed by atoms with E-state index in [-0.39, 0.29) is 35.0 Å². The predicted molar refractivity (Wildman–Crippen MR) is 106 cm³/mol. The molecule has 32 heavy (non-hydrogen) atoms. The second kappa shape index (κ2) is 5.23. The molecule has 2 aliphatic heterocycles. The largest absolute Gasteiger partial charge is 0.422 e. The summed E-state index contributed by atoms with van der Waals surface area (Å²) in [4.78, 5) is 51.9. The van der Waals surface area contributed by atoms with E-state index in [0.29, 0.717) is 18.4 Å². The first-order valence-corrected chi connectivity index (χ1v) is 11.4. The summed E-state index contributed by atoms with van der Waals surface area (Å²) in [6.07, 6.45) is 1.58. The maximum absolute atomic E-state index is 13.0. The van der Waals surface area contributed by atoms with Gasteiger partial charge in [-0.1, -0.05) is 13.5 Å². The van der Waals surface area contributed by atoms with Crippen LogP contribution in [-0.4, -0.2) is 35.5 Å². The smallest absolute Gasteiger partial charge is 0.331 e. The third-order valence-corrected chi connectivity index (χ3v) is 9.30. The molecule has 8 nitrogen and oxygen atoms in total. The van der Waals surface area contributed by atoms with E-state index in [1.807, 2.05) is 6.92 Å². The molecule has 2 heterocycles. The average molecular weight is 444 g/mol. The van der Waals surface area contributed by atoms with E-state index in [2.05, 4.69) is 6.58 Å². The molecule has 172 valence electrons. The normalized spacial score (nSPS) is 45.5. The van der Waals surface area contributed by atoms with Gasteiger partial charge in [0.2, 0.25) is 0 Å². The van der Waals surface area contributed by atoms with Crippen molar-refractivity contribution in [2.24, 2.45) is 45.8 Å². The average Bonchev–Trinajstić information content (AvgIpc) is 3.48. The Morgan fingerprint density at radius 2 is 1.28 bits per heavy atom. The molecule has 2 spiro atoms. The van der Waals surface area contributed by atoms with Gasteiger partial charge in [0.15, 0.2) is 10.8 Å². The van der Waals surface area contributed by atoms with Crippen molar-refractivity contribution in [3.8, 4) is 0 Å². The maximum Gasteiger partial charge on any atom is 0.331 e. The zero-order valence-corrected chi connectivity index (χ0v) is 19.0. The molecule has 4 aliphatic carbocycles. The van der Waals surface area contributed by atoms with Gasteiger partial charge in [0.1, 0.15) is 0 Å². The van der Waals surface area contributed by atoms with Crippen molar-refractivity contribution in [3.05, 3.63) is 12.2 Å². The second-order valence-corrected chi connectivity index (χ2v) is 11.6. The number of carbonyl (C=O) groups is 4. The van der Waals surface area contributed by atoms with E-state index in [1.165, 1.54) is 0 Å². The molecule has 0 amide bonds. The quantitative estimate of drug-likeness (QED) is 0.345. The summed E-state index contributed by atoms with van der Waals surface area (Å²) in [5.74, 6) is -4.41. The lowest BCUT2D eigenvalue weighted by atomic mass is 9.69. The molecule has 2 saturated heterocycles. The van der Waals surface area contributed by atoms with Gasteiger partial charge in [0.25, 0.3) is 11.6 Å². The molecule has 6 fully saturated rings. The lowest BCUT2D eigenvalue weighted by Crippen LogP contribution is -2.56. The molecule has 0 bridgehead atoms. The van der Waals surface area contributed by atoms with Crippen molar-refractivity contribution < 1.29 is 38.1 Å². The number of hydrogen-bond donors (Lipinski definition) is 0. The first-order valence-electron chi connectivity index (χ1n) is 11.4. The Morgan fingerprint density at radius 1 is 0.781 bits per heavy atom. The number of cyclic esters (lactones) is 4. The standard InChI is InChI=1S/C24H28O8/c1-10-14-13(9-22(10)16(25)29-20(3,4)30-17(22)26)15(14)23-7-12(23)8-24(11(23)2)18(27)31-21(5,6)32-19(24)28/h10,12-15H,2,7-9H2,1,3-6H3. The van der Waals surface area contributed by atoms with Gasteiger partial charge in [0, 0.05) is 27.7 Å². The molecule has 0 aromatic carbocycles. The Balaban J connectivity index is 1.28. The summed E-state index contributed by atoms with van der Waals surface area (Å²) in [7, 11) is 0. The van der Waals surface area contributed by atoms with E-state index in [4.69, 9.17) is 18.9 Å². The number of esters is 4. The highest BCUT2D eigenvalue weighted by Gasteiger charge is 2.85. The van der Waals surface area contributed by atoms with Crippen LogP contribution in [0.25, 0.3) is 0 Å². The fraction of sp³-hybridized carbons (Fsp3) is 0.750. The first kappa shape index (κ1) is 20.2. The Bertz CT molecular complexity index is 997. The zero-order chi connectivity index (χ0) is 23.2. The maximum atomic E-state index is 13.0. The van der Waals surface area contributed by atoms with Crippen LogP contribution >= 0.6 is 0 Å². The Labute approximate surface area is 186 Å². The third kappa shape index (κ3) is 2.01. The van der Waals surface area contributed by atoms with Gasteiger partial charge >= 0.3 is 23.9 Å². The van der Waals surface area contributed by atoms with Crippen LogP contribution in [0.3, 0.4) is 0 Å². The molecule has 6 aliphatic rings. The molecule has 6 rings (SSSR count). The van der Waals surface area contributed by atoms with Gasteiger partial charge in [-0.2, -0.15) is 0 Å². The van der Waals surface area contributed by atoms with Crippen LogP contribution in [0.2, 0.25) is 0 Å². The Hall–Kier alpha value is -2.38. The molecular weight excluding hydrogens is 416 g/mol. The van der Waals surface area contributed by atoms with Gasteiger partial charge in [0.05, 0.1) is 0 Å². The second-order valence-electron chi connectivity index (χ2n) is 11.6. The summed E-state index contributed by atoms with van der Waals surface area (Å²) >= 11 is 0. The fourth-order valence-electron chi connectivity index (χ4n) is 7.84. The lowest BCUT2D eigenvalue weighted by molar-refractivity contribution is -0.255. The van der Waals surface area contributed by atoms with Gasteiger partial charge < -0.3 is 18.9 Å². The number of ether oxygens (including phenoxy) is 4. The van der Waals surface area contributed by atoms with E-state index in [0.717, 1.165) is 6.42 Å². The van der Waals surface area contributed by atoms with Crippen LogP contribution in [-0.2, 0) is 38.1 Å². The van der Waals surface area contributed by atoms with Crippen LogP contribution in [0.15, 0.2) is 12.2 Å². The number of hydrogen-bond acceptors (Lipinski definition) is 8. The minimum absolute atomic E-state index is 0.111. The zero-order valence-electron chi connectivity index (χ0n) is 19.0. The molecular formula is C24H28O8. The van der Waals surface area contributed by atoms with Crippen LogP contribution in [0.4, 0.5) is 0 Å². The molecule has 0 N–H and O–H groups in total. The summed E-state index contributed by atoms with van der Waals surface area (Å²) in [6, 6.07) is 0. The van der Waals surface area contributed by atoms with E-state index in [9.17, 15) is 19.2 Å². The Morgan fingerprint density at radius 3 is 1.75 bits per heavy atom. The summed E-state index contributed by atoms with van der Waals surface area (Å²) < 4.78 is 21.8. The monoisotopic (exact) mass is 444 g/mol. The lowest BCUT2D eigenvalue weighted by Gasteiger charge is -2.43. The van der Waals surface area contributed by atoms with Crippen LogP contribution in [0, 0.1) is 45.8 Å². The SMILES string of the molecule is C=C1C2(CC3CC13C1C3CC4(C(=O)OC(C)(C)OC4=O)C(C)C31)C(=O)OC(C)(C)OC2=O. The van der Waals surface area contributed by atoms with Crippen molar-refractivity contribution in [2.75, 3.05) is 0 Å². The first-order chi connectivity index (χ1) is 14.7. The van der Waals surface area contributed by atoms with E-state index < -0.39 is 46.3 Å². The third-order valence-electron chi connectivity index (χ3n) is 9.30. The van der Waals surface area contributed by atoms with Crippen molar-refractivity contribution in [3.63, 3.8) is 0 Å². The summed E-state index contributed by atoms with van der Waals surface area (Å²) in [5.41, 5.74) is -2.46. The molecule has 6 atom stereocenters. The van der Waals surface area contributed by atoms with Crippen molar-refractivity contribution in [2.45, 2.75) is 65.5 Å². The van der Waals surface area contributed by atoms with Gasteiger partial charge in [-0.15, -0.1) is 0 Å². The highest BCUT2D eigenvalue weighted by atomic mass is 16.8. The highest BCUT2D eigenvalue weighted by Crippen LogP contribution is 2.86. The number of rotatable bonds is 1. The van der Waals surface area contributed by atoms with Crippen LogP contribution in [0.5, 0.6) is 0 Å². The van der Waals surface area contributed by atoms with Crippen LogP contribution < -0.4 is 0 Å². The highest BCUT2D eigenvalue weighted by molar-refractivity contribution is 6.06. The van der Waals surface area contributed by atoms with Crippen molar-refractivity contribution >= 4 is 23.9 Å². The van der Waals surface area contributed by atoms with Gasteiger partial charge in [-0.3, -0.25) is 19.2 Å². The molecule has 0 aromatic heterocycles. The van der Waals surface area contributed by atoms with E-state index in [1.54, 1.807) is 27.7 Å². The summed E-state index contributed by atoms with van der Waals surface area (Å²) in [6.45, 7) is 12.4. The molecule has 4 saturated carbocycles. The number of carbonyl (C=O) groups excluding carboxylic acids is 4. The molecule has 0 aromatic rings. The van der Waals surface area contributed by atoms with Crippen LogP contribution in [0.1, 0.15) is 53.9 Å². The fourth-order valence-corrected chi connectivity index (χ4v) is 7.84. The molecule has 8 heteroatoms. The van der Waals surface area contributed by atoms with E-state index >= 15 is 0 Å². The molecule has 6 unspecified atom stereocenters. The topological polar surface area (TPSA) is 105 Å². The molecule has 0 radical (unpaired) electrons. The minimum Gasteiger partial charge on any atom is -0.422 e.